The van der Waals surface area contributed by atoms with Gasteiger partial charge in [-0.15, -0.1) is 0 Å². The number of aromatic nitrogens is 1. The third-order valence-electron chi connectivity index (χ3n) is 3.93. The van der Waals surface area contributed by atoms with Gasteiger partial charge in [0.2, 0.25) is 5.88 Å². The van der Waals surface area contributed by atoms with E-state index < -0.39 is 5.97 Å². The Balaban J connectivity index is 1.66. The number of hydrogen-bond acceptors (Lipinski definition) is 4. The molecule has 2 fully saturated rings. The van der Waals surface area contributed by atoms with E-state index in [0.717, 1.165) is 44.5 Å². The van der Waals surface area contributed by atoms with Gasteiger partial charge >= 0.3 is 5.97 Å². The van der Waals surface area contributed by atoms with Crippen molar-refractivity contribution in [2.75, 3.05) is 19.8 Å². The molecule has 2 heterocycles. The van der Waals surface area contributed by atoms with Gasteiger partial charge in [-0.05, 0) is 43.1 Å². The Morgan fingerprint density at radius 3 is 2.70 bits per heavy atom. The molecule has 1 aromatic rings. The van der Waals surface area contributed by atoms with Crippen LogP contribution in [0.2, 0.25) is 0 Å². The SMILES string of the molecule is O=C(O)c1nc(OCC2CCOCC2)ccc1C1CC1. The molecule has 1 saturated carbocycles. The second-order valence-corrected chi connectivity index (χ2v) is 5.53. The average Bonchev–Trinajstić information content (AvgIpc) is 3.30. The number of aromatic carboxylic acids is 1. The molecule has 0 amide bonds. The summed E-state index contributed by atoms with van der Waals surface area (Å²) in [5.41, 5.74) is 0.993. The molecule has 0 radical (unpaired) electrons. The summed E-state index contributed by atoms with van der Waals surface area (Å²) in [6.45, 7) is 2.14. The summed E-state index contributed by atoms with van der Waals surface area (Å²) in [5.74, 6) is 0.293. The molecule has 2 aliphatic rings. The van der Waals surface area contributed by atoms with Crippen LogP contribution >= 0.6 is 0 Å². The molecule has 0 unspecified atom stereocenters. The molecule has 0 spiro atoms. The Kier molecular flexibility index (Phi) is 3.87. The summed E-state index contributed by atoms with van der Waals surface area (Å²) >= 11 is 0. The highest BCUT2D eigenvalue weighted by molar-refractivity contribution is 5.87. The lowest BCUT2D eigenvalue weighted by Crippen LogP contribution is -2.22. The molecule has 20 heavy (non-hydrogen) atoms. The van der Waals surface area contributed by atoms with Gasteiger partial charge in [-0.25, -0.2) is 9.78 Å². The van der Waals surface area contributed by atoms with Crippen LogP contribution in [-0.4, -0.2) is 35.9 Å². The number of carbonyl (C=O) groups is 1. The van der Waals surface area contributed by atoms with Crippen molar-refractivity contribution in [3.63, 3.8) is 0 Å². The van der Waals surface area contributed by atoms with Crippen molar-refractivity contribution in [3.05, 3.63) is 23.4 Å². The van der Waals surface area contributed by atoms with E-state index in [9.17, 15) is 9.90 Å². The summed E-state index contributed by atoms with van der Waals surface area (Å²) in [7, 11) is 0. The summed E-state index contributed by atoms with van der Waals surface area (Å²) in [6, 6.07) is 3.65. The van der Waals surface area contributed by atoms with Crippen molar-refractivity contribution in [1.29, 1.82) is 0 Å². The summed E-state index contributed by atoms with van der Waals surface area (Å²) in [5, 5.41) is 9.25. The smallest absolute Gasteiger partial charge is 0.354 e. The van der Waals surface area contributed by atoms with Crippen LogP contribution in [0.4, 0.5) is 0 Å². The van der Waals surface area contributed by atoms with Crippen LogP contribution in [0.25, 0.3) is 0 Å². The highest BCUT2D eigenvalue weighted by Gasteiger charge is 2.29. The van der Waals surface area contributed by atoms with Gasteiger partial charge in [0.05, 0.1) is 6.61 Å². The molecule has 0 bridgehead atoms. The van der Waals surface area contributed by atoms with E-state index in [-0.39, 0.29) is 5.69 Å². The van der Waals surface area contributed by atoms with E-state index in [1.165, 1.54) is 0 Å². The van der Waals surface area contributed by atoms with E-state index >= 15 is 0 Å². The Morgan fingerprint density at radius 2 is 2.05 bits per heavy atom. The minimum atomic E-state index is -0.969. The number of pyridine rings is 1. The van der Waals surface area contributed by atoms with Crippen LogP contribution in [-0.2, 0) is 4.74 Å². The number of nitrogens with zero attached hydrogens (tertiary/aromatic N) is 1. The quantitative estimate of drug-likeness (QED) is 0.895. The van der Waals surface area contributed by atoms with Gasteiger partial charge in [-0.3, -0.25) is 0 Å². The fraction of sp³-hybridized carbons (Fsp3) is 0.600. The lowest BCUT2D eigenvalue weighted by molar-refractivity contribution is 0.0489. The number of carboxylic acid groups (broad SMARTS) is 1. The fourth-order valence-electron chi connectivity index (χ4n) is 2.54. The number of hydrogen-bond donors (Lipinski definition) is 1. The van der Waals surface area contributed by atoms with Crippen LogP contribution in [0.5, 0.6) is 5.88 Å². The van der Waals surface area contributed by atoms with Gasteiger partial charge in [-0.1, -0.05) is 6.07 Å². The molecule has 0 aromatic carbocycles. The first-order chi connectivity index (χ1) is 9.74. The van der Waals surface area contributed by atoms with Crippen molar-refractivity contribution in [2.45, 2.75) is 31.6 Å². The zero-order valence-electron chi connectivity index (χ0n) is 11.4. The molecule has 1 saturated heterocycles. The Hall–Kier alpha value is -1.62. The lowest BCUT2D eigenvalue weighted by atomic mass is 10.0. The standard InChI is InChI=1S/C15H19NO4/c17-15(18)14-12(11-1-2-11)3-4-13(16-14)20-9-10-5-7-19-8-6-10/h3-4,10-11H,1-2,5-9H2,(H,17,18). The normalized spacial score (nSPS) is 19.8. The highest BCUT2D eigenvalue weighted by Crippen LogP contribution is 2.41. The fourth-order valence-corrected chi connectivity index (χ4v) is 2.54. The van der Waals surface area contributed by atoms with Crippen molar-refractivity contribution < 1.29 is 19.4 Å². The first kappa shape index (κ1) is 13.4. The largest absolute Gasteiger partial charge is 0.477 e. The van der Waals surface area contributed by atoms with Gasteiger partial charge in [0, 0.05) is 19.3 Å². The minimum absolute atomic E-state index is 0.150. The van der Waals surface area contributed by atoms with Gasteiger partial charge < -0.3 is 14.6 Å². The maximum atomic E-state index is 11.3. The second kappa shape index (κ2) is 5.79. The molecule has 108 valence electrons. The molecule has 0 atom stereocenters. The molecule has 1 aromatic heterocycles. The van der Waals surface area contributed by atoms with Crippen LogP contribution in [0.15, 0.2) is 12.1 Å². The molecule has 3 rings (SSSR count). The van der Waals surface area contributed by atoms with Crippen LogP contribution < -0.4 is 4.74 Å². The monoisotopic (exact) mass is 277 g/mol. The average molecular weight is 277 g/mol. The maximum absolute atomic E-state index is 11.3. The number of carboxylic acids is 1. The number of ether oxygens (including phenoxy) is 2. The van der Waals surface area contributed by atoms with Crippen LogP contribution in [0.3, 0.4) is 0 Å². The second-order valence-electron chi connectivity index (χ2n) is 5.53. The van der Waals surface area contributed by atoms with E-state index in [4.69, 9.17) is 9.47 Å². The van der Waals surface area contributed by atoms with E-state index in [1.807, 2.05) is 6.07 Å². The van der Waals surface area contributed by atoms with E-state index in [1.54, 1.807) is 6.07 Å². The predicted molar refractivity (Wildman–Crippen MR) is 72.2 cm³/mol. The molecule has 1 N–H and O–H groups in total. The Morgan fingerprint density at radius 1 is 1.30 bits per heavy atom. The van der Waals surface area contributed by atoms with Crippen LogP contribution in [0.1, 0.15) is 47.7 Å². The minimum Gasteiger partial charge on any atom is -0.477 e. The summed E-state index contributed by atoms with van der Waals surface area (Å²) in [4.78, 5) is 15.4. The Bertz CT molecular complexity index is 493. The maximum Gasteiger partial charge on any atom is 0.354 e. The Labute approximate surface area is 117 Å². The molecular weight excluding hydrogens is 258 g/mol. The molecular formula is C15H19NO4. The molecule has 1 aliphatic carbocycles. The first-order valence-electron chi connectivity index (χ1n) is 7.19. The lowest BCUT2D eigenvalue weighted by Gasteiger charge is -2.21. The van der Waals surface area contributed by atoms with Gasteiger partial charge in [0.15, 0.2) is 5.69 Å². The third-order valence-corrected chi connectivity index (χ3v) is 3.93. The van der Waals surface area contributed by atoms with Crippen molar-refractivity contribution in [3.8, 4) is 5.88 Å². The van der Waals surface area contributed by atoms with Gasteiger partial charge in [-0.2, -0.15) is 0 Å². The molecule has 5 heteroatoms. The number of rotatable bonds is 5. The topological polar surface area (TPSA) is 68.7 Å². The van der Waals surface area contributed by atoms with Crippen molar-refractivity contribution in [2.24, 2.45) is 5.92 Å². The summed E-state index contributed by atoms with van der Waals surface area (Å²) < 4.78 is 11.0. The van der Waals surface area contributed by atoms with Gasteiger partial charge in [0.1, 0.15) is 0 Å². The van der Waals surface area contributed by atoms with Crippen molar-refractivity contribution >= 4 is 5.97 Å². The third kappa shape index (κ3) is 3.10. The predicted octanol–water partition coefficient (Wildman–Crippen LogP) is 2.46. The molecule has 1 aliphatic heterocycles. The highest BCUT2D eigenvalue weighted by atomic mass is 16.5. The zero-order valence-corrected chi connectivity index (χ0v) is 11.4. The van der Waals surface area contributed by atoms with Crippen LogP contribution in [0, 0.1) is 5.92 Å². The van der Waals surface area contributed by atoms with E-state index in [2.05, 4.69) is 4.98 Å². The van der Waals surface area contributed by atoms with Crippen molar-refractivity contribution in [1.82, 2.24) is 4.98 Å². The zero-order chi connectivity index (χ0) is 13.9. The molecule has 5 nitrogen and oxygen atoms in total. The van der Waals surface area contributed by atoms with Gasteiger partial charge in [0.25, 0.3) is 0 Å². The summed E-state index contributed by atoms with van der Waals surface area (Å²) in [6.07, 6.45) is 4.10. The van der Waals surface area contributed by atoms with E-state index in [0.29, 0.717) is 24.3 Å². The first-order valence-corrected chi connectivity index (χ1v) is 7.19.